The minimum absolute atomic E-state index is 0.584. The first-order chi connectivity index (χ1) is 12.7. The van der Waals surface area contributed by atoms with Crippen molar-refractivity contribution >= 4 is 17.5 Å². The number of para-hydroxylation sites is 1. The molecule has 2 aromatic carbocycles. The van der Waals surface area contributed by atoms with E-state index in [1.54, 1.807) is 0 Å². The summed E-state index contributed by atoms with van der Waals surface area (Å²) in [5, 5.41) is 6.59. The van der Waals surface area contributed by atoms with Gasteiger partial charge in [0.05, 0.1) is 0 Å². The molecule has 0 bridgehead atoms. The number of aromatic nitrogens is 2. The van der Waals surface area contributed by atoms with Gasteiger partial charge < -0.3 is 15.4 Å². The van der Waals surface area contributed by atoms with E-state index in [9.17, 15) is 0 Å². The van der Waals surface area contributed by atoms with Crippen LogP contribution < -0.4 is 15.4 Å². The van der Waals surface area contributed by atoms with Crippen molar-refractivity contribution in [2.75, 3.05) is 17.2 Å². The van der Waals surface area contributed by atoms with Crippen LogP contribution in [0.3, 0.4) is 0 Å². The van der Waals surface area contributed by atoms with Crippen LogP contribution in [-0.4, -0.2) is 16.5 Å². The van der Waals surface area contributed by atoms with Crippen molar-refractivity contribution in [2.24, 2.45) is 0 Å². The van der Waals surface area contributed by atoms with Gasteiger partial charge in [-0.25, -0.2) is 4.98 Å². The lowest BCUT2D eigenvalue weighted by molar-refractivity contribution is 0.483. The van der Waals surface area contributed by atoms with Gasteiger partial charge in [-0.05, 0) is 49.7 Å². The molecule has 0 atom stereocenters. The van der Waals surface area contributed by atoms with Gasteiger partial charge in [-0.15, -0.1) is 0 Å². The highest BCUT2D eigenvalue weighted by Gasteiger charge is 2.04. The molecule has 5 nitrogen and oxygen atoms in total. The fourth-order valence-corrected chi connectivity index (χ4v) is 2.47. The van der Waals surface area contributed by atoms with Gasteiger partial charge in [-0.2, -0.15) is 4.98 Å². The molecule has 5 heteroatoms. The van der Waals surface area contributed by atoms with Crippen LogP contribution >= 0.6 is 0 Å². The lowest BCUT2D eigenvalue weighted by Crippen LogP contribution is -2.06. The third-order valence-electron chi connectivity index (χ3n) is 3.78. The third kappa shape index (κ3) is 5.21. The van der Waals surface area contributed by atoms with Crippen molar-refractivity contribution in [1.29, 1.82) is 0 Å². The summed E-state index contributed by atoms with van der Waals surface area (Å²) in [6, 6.07) is 19.4. The van der Waals surface area contributed by atoms with Gasteiger partial charge in [0, 0.05) is 24.0 Å². The molecule has 0 aliphatic carbocycles. The minimum Gasteiger partial charge on any atom is -0.457 e. The van der Waals surface area contributed by atoms with E-state index in [0.717, 1.165) is 48.1 Å². The van der Waals surface area contributed by atoms with E-state index in [0.29, 0.717) is 5.95 Å². The quantitative estimate of drug-likeness (QED) is 0.524. The van der Waals surface area contributed by atoms with Gasteiger partial charge in [-0.1, -0.05) is 31.5 Å². The summed E-state index contributed by atoms with van der Waals surface area (Å²) in [4.78, 5) is 8.98. The van der Waals surface area contributed by atoms with E-state index in [4.69, 9.17) is 4.74 Å². The molecule has 0 aliphatic heterocycles. The normalized spacial score (nSPS) is 10.4. The molecule has 0 unspecified atom stereocenters. The summed E-state index contributed by atoms with van der Waals surface area (Å²) in [5.41, 5.74) is 1.83. The van der Waals surface area contributed by atoms with Gasteiger partial charge in [0.1, 0.15) is 17.3 Å². The number of anilines is 3. The zero-order valence-electron chi connectivity index (χ0n) is 15.2. The van der Waals surface area contributed by atoms with Crippen LogP contribution in [0.25, 0.3) is 0 Å². The molecule has 0 saturated heterocycles. The van der Waals surface area contributed by atoms with Crippen molar-refractivity contribution in [2.45, 2.75) is 26.7 Å². The highest BCUT2D eigenvalue weighted by Crippen LogP contribution is 2.24. The first-order valence-electron chi connectivity index (χ1n) is 8.92. The maximum Gasteiger partial charge on any atom is 0.229 e. The van der Waals surface area contributed by atoms with Crippen LogP contribution in [0.2, 0.25) is 0 Å². The molecular weight excluding hydrogens is 324 g/mol. The molecule has 1 aromatic heterocycles. The molecular formula is C21H24N4O. The number of unbranched alkanes of at least 4 members (excludes halogenated alkanes) is 1. The Balaban J connectivity index is 1.65. The summed E-state index contributed by atoms with van der Waals surface area (Å²) in [7, 11) is 0. The molecule has 3 aromatic rings. The summed E-state index contributed by atoms with van der Waals surface area (Å²) < 4.78 is 5.81. The molecule has 0 amide bonds. The number of rotatable bonds is 8. The van der Waals surface area contributed by atoms with Gasteiger partial charge >= 0.3 is 0 Å². The second-order valence-electron chi connectivity index (χ2n) is 6.06. The highest BCUT2D eigenvalue weighted by molar-refractivity contribution is 5.56. The van der Waals surface area contributed by atoms with Gasteiger partial charge in [-0.3, -0.25) is 0 Å². The average Bonchev–Trinajstić information content (AvgIpc) is 2.64. The SMILES string of the molecule is CCCCNc1cc(C)nc(Nc2ccc(Oc3ccccc3)cc2)n1. The van der Waals surface area contributed by atoms with Crippen molar-refractivity contribution in [3.8, 4) is 11.5 Å². The number of aryl methyl sites for hydroxylation is 1. The average molecular weight is 348 g/mol. The predicted octanol–water partition coefficient (Wildman–Crippen LogP) is 5.53. The van der Waals surface area contributed by atoms with Crippen LogP contribution in [0.4, 0.5) is 17.5 Å². The number of nitrogens with one attached hydrogen (secondary N) is 2. The lowest BCUT2D eigenvalue weighted by Gasteiger charge is -2.10. The Bertz CT molecular complexity index is 819. The molecule has 134 valence electrons. The first kappa shape index (κ1) is 17.7. The number of hydrogen-bond acceptors (Lipinski definition) is 5. The van der Waals surface area contributed by atoms with Crippen molar-refractivity contribution in [3.05, 3.63) is 66.4 Å². The number of hydrogen-bond donors (Lipinski definition) is 2. The van der Waals surface area contributed by atoms with E-state index in [1.807, 2.05) is 67.6 Å². The summed E-state index contributed by atoms with van der Waals surface area (Å²) in [6.07, 6.45) is 2.27. The fourth-order valence-electron chi connectivity index (χ4n) is 2.47. The maximum atomic E-state index is 5.81. The largest absolute Gasteiger partial charge is 0.457 e. The first-order valence-corrected chi connectivity index (χ1v) is 8.92. The van der Waals surface area contributed by atoms with E-state index < -0.39 is 0 Å². The Morgan fingerprint density at radius 2 is 1.65 bits per heavy atom. The minimum atomic E-state index is 0.584. The summed E-state index contributed by atoms with van der Waals surface area (Å²) >= 11 is 0. The molecule has 0 saturated carbocycles. The molecule has 0 radical (unpaired) electrons. The Morgan fingerprint density at radius 3 is 2.38 bits per heavy atom. The van der Waals surface area contributed by atoms with Gasteiger partial charge in [0.2, 0.25) is 5.95 Å². The lowest BCUT2D eigenvalue weighted by atomic mass is 10.3. The number of ether oxygens (including phenoxy) is 1. The van der Waals surface area contributed by atoms with E-state index >= 15 is 0 Å². The predicted molar refractivity (Wildman–Crippen MR) is 106 cm³/mol. The third-order valence-corrected chi connectivity index (χ3v) is 3.78. The summed E-state index contributed by atoms with van der Waals surface area (Å²) in [5.74, 6) is 3.03. The Kier molecular flexibility index (Phi) is 6.04. The number of nitrogens with zero attached hydrogens (tertiary/aromatic N) is 2. The summed E-state index contributed by atoms with van der Waals surface area (Å²) in [6.45, 7) is 5.05. The van der Waals surface area contributed by atoms with Crippen molar-refractivity contribution in [3.63, 3.8) is 0 Å². The van der Waals surface area contributed by atoms with E-state index in [-0.39, 0.29) is 0 Å². The molecule has 0 spiro atoms. The Labute approximate surface area is 154 Å². The molecule has 2 N–H and O–H groups in total. The Hall–Kier alpha value is -3.08. The fraction of sp³-hybridized carbons (Fsp3) is 0.238. The van der Waals surface area contributed by atoms with Crippen LogP contribution in [0.5, 0.6) is 11.5 Å². The molecule has 0 aliphatic rings. The zero-order chi connectivity index (χ0) is 18.2. The standard InChI is InChI=1S/C21H24N4O/c1-3-4-14-22-20-15-16(2)23-21(25-20)24-17-10-12-19(13-11-17)26-18-8-6-5-7-9-18/h5-13,15H,3-4,14H2,1-2H3,(H2,22,23,24,25). The van der Waals surface area contributed by atoms with Gasteiger partial charge in [0.15, 0.2) is 0 Å². The van der Waals surface area contributed by atoms with Crippen molar-refractivity contribution in [1.82, 2.24) is 9.97 Å². The van der Waals surface area contributed by atoms with Crippen LogP contribution in [0.1, 0.15) is 25.5 Å². The second-order valence-corrected chi connectivity index (χ2v) is 6.06. The van der Waals surface area contributed by atoms with Crippen LogP contribution in [-0.2, 0) is 0 Å². The molecule has 0 fully saturated rings. The number of benzene rings is 2. The van der Waals surface area contributed by atoms with E-state index in [2.05, 4.69) is 27.5 Å². The maximum absolute atomic E-state index is 5.81. The second kappa shape index (κ2) is 8.85. The van der Waals surface area contributed by atoms with Crippen LogP contribution in [0, 0.1) is 6.92 Å². The van der Waals surface area contributed by atoms with E-state index in [1.165, 1.54) is 0 Å². The smallest absolute Gasteiger partial charge is 0.229 e. The Morgan fingerprint density at radius 1 is 0.923 bits per heavy atom. The molecule has 1 heterocycles. The highest BCUT2D eigenvalue weighted by atomic mass is 16.5. The molecule has 26 heavy (non-hydrogen) atoms. The van der Waals surface area contributed by atoms with Gasteiger partial charge in [0.25, 0.3) is 0 Å². The van der Waals surface area contributed by atoms with Crippen molar-refractivity contribution < 1.29 is 4.74 Å². The van der Waals surface area contributed by atoms with Crippen LogP contribution in [0.15, 0.2) is 60.7 Å². The monoisotopic (exact) mass is 348 g/mol. The molecule has 3 rings (SSSR count). The zero-order valence-corrected chi connectivity index (χ0v) is 15.2. The topological polar surface area (TPSA) is 59.1 Å².